The maximum Gasteiger partial charge on any atom is 0.416 e. The summed E-state index contributed by atoms with van der Waals surface area (Å²) in [6, 6.07) is 6.17. The monoisotopic (exact) mass is 461 g/mol. The van der Waals surface area contributed by atoms with Gasteiger partial charge in [0, 0.05) is 12.1 Å². The third kappa shape index (κ3) is 6.07. The quantitative estimate of drug-likeness (QED) is 0.197. The van der Waals surface area contributed by atoms with Gasteiger partial charge in [-0.05, 0) is 43.4 Å². The Hall–Kier alpha value is -2.85. The Balaban J connectivity index is 2.28. The van der Waals surface area contributed by atoms with Crippen LogP contribution in [0.5, 0.6) is 17.2 Å². The molecule has 2 rings (SSSR count). The molecule has 6 nitrogen and oxygen atoms in total. The van der Waals surface area contributed by atoms with Crippen molar-refractivity contribution in [1.29, 1.82) is 0 Å². The van der Waals surface area contributed by atoms with Gasteiger partial charge in [-0.2, -0.15) is 13.2 Å². The number of ether oxygens (including phenoxy) is 3. The van der Waals surface area contributed by atoms with E-state index in [1.165, 1.54) is 25.1 Å². The first kappa shape index (κ1) is 23.4. The molecule has 0 aliphatic heterocycles. The number of nitro benzene ring substituents is 1. The smallest absolute Gasteiger partial charge is 0.416 e. The molecule has 0 bridgehead atoms. The minimum Gasteiger partial charge on any atom is -0.479 e. The van der Waals surface area contributed by atoms with E-state index < -0.39 is 22.8 Å². The number of rotatable bonds is 8. The maximum absolute atomic E-state index is 12.8. The van der Waals surface area contributed by atoms with Gasteiger partial charge in [-0.15, -0.1) is 0 Å². The van der Waals surface area contributed by atoms with Crippen LogP contribution in [0.25, 0.3) is 0 Å². The molecule has 30 heavy (non-hydrogen) atoms. The van der Waals surface area contributed by atoms with E-state index in [0.717, 1.165) is 24.3 Å². The van der Waals surface area contributed by atoms with Crippen molar-refractivity contribution in [2.75, 3.05) is 6.61 Å². The van der Waals surface area contributed by atoms with Crippen LogP contribution >= 0.6 is 23.8 Å². The number of hydrogen-bond acceptors (Lipinski definition) is 6. The fourth-order valence-electron chi connectivity index (χ4n) is 2.19. The van der Waals surface area contributed by atoms with Gasteiger partial charge in [0.1, 0.15) is 18.1 Å². The second kappa shape index (κ2) is 9.77. The molecule has 0 aliphatic carbocycles. The summed E-state index contributed by atoms with van der Waals surface area (Å²) < 4.78 is 54.5. The largest absolute Gasteiger partial charge is 0.479 e. The minimum absolute atomic E-state index is 0.0568. The van der Waals surface area contributed by atoms with E-state index >= 15 is 0 Å². The van der Waals surface area contributed by atoms with Crippen molar-refractivity contribution in [1.82, 2.24) is 0 Å². The first-order chi connectivity index (χ1) is 14.0. The van der Waals surface area contributed by atoms with Crippen molar-refractivity contribution in [2.45, 2.75) is 19.2 Å². The van der Waals surface area contributed by atoms with E-state index in [1.54, 1.807) is 0 Å². The van der Waals surface area contributed by atoms with Gasteiger partial charge in [-0.25, -0.2) is 0 Å². The van der Waals surface area contributed by atoms with Crippen LogP contribution in [-0.4, -0.2) is 22.7 Å². The Kier molecular flexibility index (Phi) is 7.63. The lowest BCUT2D eigenvalue weighted by molar-refractivity contribution is -0.386. The molecule has 0 aromatic heterocycles. The molecule has 2 aromatic carbocycles. The highest BCUT2D eigenvalue weighted by Crippen LogP contribution is 2.38. The highest BCUT2D eigenvalue weighted by atomic mass is 35.5. The summed E-state index contributed by atoms with van der Waals surface area (Å²) in [7, 11) is 0. The number of nitro groups is 1. The highest BCUT2D eigenvalue weighted by Gasteiger charge is 2.31. The van der Waals surface area contributed by atoms with Gasteiger partial charge in [-0.1, -0.05) is 24.3 Å². The minimum atomic E-state index is -4.56. The number of hydrogen-bond donors (Lipinski definition) is 0. The van der Waals surface area contributed by atoms with E-state index in [2.05, 4.69) is 6.58 Å². The van der Waals surface area contributed by atoms with E-state index in [1.807, 2.05) is 0 Å². The zero-order valence-corrected chi connectivity index (χ0v) is 17.0. The fraction of sp³-hybridized carbons (Fsp3) is 0.211. The van der Waals surface area contributed by atoms with Crippen LogP contribution in [0.4, 0.5) is 18.9 Å². The topological polar surface area (TPSA) is 70.8 Å². The average Bonchev–Trinajstić information content (AvgIpc) is 2.66. The Labute approximate surface area is 180 Å². The van der Waals surface area contributed by atoms with E-state index in [-0.39, 0.29) is 39.6 Å². The molecule has 0 saturated heterocycles. The van der Waals surface area contributed by atoms with Crippen molar-refractivity contribution >= 4 is 34.6 Å². The molecule has 1 atom stereocenters. The number of nitrogens with zero attached hydrogens (tertiary/aromatic N) is 1. The fourth-order valence-corrected chi connectivity index (χ4v) is 2.52. The molecule has 2 aromatic rings. The molecule has 0 heterocycles. The second-order valence-electron chi connectivity index (χ2n) is 5.81. The van der Waals surface area contributed by atoms with Crippen molar-refractivity contribution < 1.29 is 32.3 Å². The molecule has 0 N–H and O–H groups in total. The summed E-state index contributed by atoms with van der Waals surface area (Å²) >= 11 is 10.9. The summed E-state index contributed by atoms with van der Waals surface area (Å²) in [6.45, 7) is 5.17. The van der Waals surface area contributed by atoms with Crippen molar-refractivity contribution in [2.24, 2.45) is 0 Å². The molecule has 11 heteroatoms. The molecule has 0 radical (unpaired) electrons. The van der Waals surface area contributed by atoms with Gasteiger partial charge in [0.25, 0.3) is 0 Å². The predicted octanol–water partition coefficient (Wildman–Crippen LogP) is 6.36. The van der Waals surface area contributed by atoms with Gasteiger partial charge in [0.05, 0.1) is 15.5 Å². The van der Waals surface area contributed by atoms with E-state index in [0.29, 0.717) is 0 Å². The summed E-state index contributed by atoms with van der Waals surface area (Å²) in [6.07, 6.45) is -3.90. The van der Waals surface area contributed by atoms with Crippen LogP contribution in [0.1, 0.15) is 12.5 Å². The third-order valence-corrected chi connectivity index (χ3v) is 4.34. The second-order valence-corrected chi connectivity index (χ2v) is 6.62. The summed E-state index contributed by atoms with van der Waals surface area (Å²) in [5, 5.41) is 11.1. The van der Waals surface area contributed by atoms with Crippen molar-refractivity contribution in [3.05, 3.63) is 69.8 Å². The first-order valence-corrected chi connectivity index (χ1v) is 9.08. The average molecular weight is 462 g/mol. The van der Waals surface area contributed by atoms with Gasteiger partial charge < -0.3 is 14.2 Å². The molecule has 0 amide bonds. The summed E-state index contributed by atoms with van der Waals surface area (Å²) in [5.41, 5.74) is -1.30. The highest BCUT2D eigenvalue weighted by molar-refractivity contribution is 7.80. The Morgan fingerprint density at radius 3 is 2.57 bits per heavy atom. The van der Waals surface area contributed by atoms with Crippen molar-refractivity contribution in [3.8, 4) is 17.2 Å². The summed E-state index contributed by atoms with van der Waals surface area (Å²) in [4.78, 5) is 10.6. The van der Waals surface area contributed by atoms with Crippen LogP contribution in [-0.2, 0) is 10.9 Å². The van der Waals surface area contributed by atoms with E-state index in [4.69, 9.17) is 38.0 Å². The maximum atomic E-state index is 12.8. The molecule has 0 spiro atoms. The number of benzene rings is 2. The lowest BCUT2D eigenvalue weighted by Crippen LogP contribution is -2.24. The molecule has 1 unspecified atom stereocenters. The van der Waals surface area contributed by atoms with Gasteiger partial charge in [0.15, 0.2) is 6.10 Å². The number of halogens is 4. The van der Waals surface area contributed by atoms with Gasteiger partial charge >= 0.3 is 11.9 Å². The molecule has 0 aliphatic rings. The standard InChI is InChI=1S/C19H15ClF3NO5S/c1-3-8-27-18(30)11(2)28-17-10-13(5-6-15(17)24(25)26)29-16-7-4-12(9-14(16)20)19(21,22)23/h3-7,9-11H,1,8H2,2H3. The molecular weight excluding hydrogens is 447 g/mol. The van der Waals surface area contributed by atoms with Gasteiger partial charge in [0.2, 0.25) is 10.8 Å². The number of alkyl halides is 3. The van der Waals surface area contributed by atoms with Crippen molar-refractivity contribution in [3.63, 3.8) is 0 Å². The molecule has 0 saturated carbocycles. The van der Waals surface area contributed by atoms with Crippen LogP contribution in [0.15, 0.2) is 49.1 Å². The normalized spacial score (nSPS) is 12.0. The van der Waals surface area contributed by atoms with Crippen LogP contribution < -0.4 is 9.47 Å². The zero-order valence-electron chi connectivity index (χ0n) is 15.4. The van der Waals surface area contributed by atoms with Crippen LogP contribution in [0.3, 0.4) is 0 Å². The first-order valence-electron chi connectivity index (χ1n) is 8.30. The van der Waals surface area contributed by atoms with Crippen LogP contribution in [0.2, 0.25) is 5.02 Å². The predicted molar refractivity (Wildman–Crippen MR) is 108 cm³/mol. The summed E-state index contributed by atoms with van der Waals surface area (Å²) in [5.74, 6) is -0.178. The third-order valence-electron chi connectivity index (χ3n) is 3.59. The number of thiocarbonyl (C=S) groups is 1. The Morgan fingerprint density at radius 1 is 1.30 bits per heavy atom. The lowest BCUT2D eigenvalue weighted by Gasteiger charge is -2.17. The Bertz CT molecular complexity index is 968. The van der Waals surface area contributed by atoms with E-state index in [9.17, 15) is 23.3 Å². The SMILES string of the molecule is C=CCOC(=S)C(C)Oc1cc(Oc2ccc(C(F)(F)F)cc2Cl)ccc1[N+](=O)[O-]. The molecular formula is C19H15ClF3NO5S. The Morgan fingerprint density at radius 2 is 2.00 bits per heavy atom. The zero-order chi connectivity index (χ0) is 22.5. The van der Waals surface area contributed by atoms with Gasteiger partial charge in [-0.3, -0.25) is 10.1 Å². The molecule has 0 fully saturated rings. The molecule has 160 valence electrons. The lowest BCUT2D eigenvalue weighted by atomic mass is 10.2. The van der Waals surface area contributed by atoms with Crippen LogP contribution in [0, 0.1) is 10.1 Å².